The maximum Gasteiger partial charge on any atom is 0.178 e. The predicted octanol–water partition coefficient (Wildman–Crippen LogP) is 3.34. The summed E-state index contributed by atoms with van der Waals surface area (Å²) in [7, 11) is -3.24. The van der Waals surface area contributed by atoms with Gasteiger partial charge in [-0.05, 0) is 25.0 Å². The van der Waals surface area contributed by atoms with Gasteiger partial charge in [0.15, 0.2) is 22.6 Å². The van der Waals surface area contributed by atoms with E-state index in [0.717, 1.165) is 17.6 Å². The minimum atomic E-state index is -3.24. The van der Waals surface area contributed by atoms with E-state index in [1.807, 2.05) is 12.2 Å². The molecule has 0 atom stereocenters. The Morgan fingerprint density at radius 1 is 1.14 bits per heavy atom. The second-order valence-electron chi connectivity index (χ2n) is 4.90. The van der Waals surface area contributed by atoms with Crippen LogP contribution in [-0.2, 0) is 9.84 Å². The van der Waals surface area contributed by atoms with Gasteiger partial charge in [-0.3, -0.25) is 0 Å². The van der Waals surface area contributed by atoms with Gasteiger partial charge in [0.25, 0.3) is 0 Å². The molecule has 0 radical (unpaired) electrons. The molecule has 0 fully saturated rings. The maximum atomic E-state index is 12.0. The van der Waals surface area contributed by atoms with Crippen molar-refractivity contribution in [3.05, 3.63) is 60.3 Å². The van der Waals surface area contributed by atoms with Crippen LogP contribution in [0.1, 0.15) is 25.7 Å². The minimum Gasteiger partial charge on any atom is -0.624 e. The lowest BCUT2D eigenvalue weighted by molar-refractivity contribution is -0.454. The fourth-order valence-electron chi connectivity index (χ4n) is 1.90. The first kappa shape index (κ1) is 18.2. The van der Waals surface area contributed by atoms with Crippen LogP contribution in [0.4, 0.5) is 0 Å². The third-order valence-corrected chi connectivity index (χ3v) is 4.89. The molecule has 0 heterocycles. The fourth-order valence-corrected chi connectivity index (χ4v) is 3.26. The van der Waals surface area contributed by atoms with Gasteiger partial charge >= 0.3 is 0 Å². The SMILES string of the molecule is C=C/C=C\CCC/[N+]([O-])=C/CCCS(=O)(=O)c1ccccc1. The zero-order valence-corrected chi connectivity index (χ0v) is 13.5. The molecule has 0 saturated heterocycles. The van der Waals surface area contributed by atoms with E-state index in [0.29, 0.717) is 24.3 Å². The highest BCUT2D eigenvalue weighted by Crippen LogP contribution is 2.11. The largest absolute Gasteiger partial charge is 0.624 e. The van der Waals surface area contributed by atoms with Gasteiger partial charge in [0.05, 0.1) is 10.6 Å². The molecule has 1 rings (SSSR count). The van der Waals surface area contributed by atoms with E-state index in [1.165, 1.54) is 6.21 Å². The standard InChI is InChI=1S/C17H23NO3S/c1-2-3-4-5-9-14-18(19)15-10-11-16-22(20,21)17-12-7-6-8-13-17/h2-4,6-8,12-13,15H,1,5,9-11,14,16H2/b4-3-,18-15-. The fraction of sp³-hybridized carbons (Fsp3) is 0.353. The molecule has 1 aromatic rings. The Morgan fingerprint density at radius 2 is 1.86 bits per heavy atom. The summed E-state index contributed by atoms with van der Waals surface area (Å²) in [6.07, 6.45) is 9.57. The Bertz CT molecular complexity index is 604. The van der Waals surface area contributed by atoms with Crippen molar-refractivity contribution in [1.29, 1.82) is 0 Å². The quantitative estimate of drug-likeness (QED) is 0.166. The molecule has 5 heteroatoms. The van der Waals surface area contributed by atoms with Gasteiger partial charge in [0.2, 0.25) is 0 Å². The van der Waals surface area contributed by atoms with Gasteiger partial charge in [-0.15, -0.1) is 0 Å². The van der Waals surface area contributed by atoms with Gasteiger partial charge in [-0.2, -0.15) is 0 Å². The van der Waals surface area contributed by atoms with Crippen LogP contribution >= 0.6 is 0 Å². The van der Waals surface area contributed by atoms with Crippen LogP contribution in [-0.4, -0.2) is 31.7 Å². The molecule has 0 N–H and O–H groups in total. The van der Waals surface area contributed by atoms with Crippen LogP contribution in [0.15, 0.2) is 60.0 Å². The topological polar surface area (TPSA) is 60.2 Å². The van der Waals surface area contributed by atoms with Crippen LogP contribution in [0.2, 0.25) is 0 Å². The number of rotatable bonds is 10. The van der Waals surface area contributed by atoms with Crippen LogP contribution in [0.5, 0.6) is 0 Å². The number of nitrogens with zero attached hydrogens (tertiary/aromatic N) is 1. The normalized spacial score (nSPS) is 12.6. The molecule has 4 nitrogen and oxygen atoms in total. The minimum absolute atomic E-state index is 0.0590. The first-order chi connectivity index (χ1) is 10.6. The van der Waals surface area contributed by atoms with Gasteiger partial charge in [0.1, 0.15) is 0 Å². The van der Waals surface area contributed by atoms with Crippen molar-refractivity contribution in [1.82, 2.24) is 0 Å². The van der Waals surface area contributed by atoms with Crippen molar-refractivity contribution in [3.8, 4) is 0 Å². The second-order valence-corrected chi connectivity index (χ2v) is 7.01. The summed E-state index contributed by atoms with van der Waals surface area (Å²) in [6.45, 7) is 3.99. The lowest BCUT2D eigenvalue weighted by atomic mass is 10.3. The van der Waals surface area contributed by atoms with E-state index in [-0.39, 0.29) is 5.75 Å². The zero-order valence-electron chi connectivity index (χ0n) is 12.7. The van der Waals surface area contributed by atoms with E-state index in [4.69, 9.17) is 0 Å². The highest BCUT2D eigenvalue weighted by molar-refractivity contribution is 7.91. The van der Waals surface area contributed by atoms with Crippen LogP contribution in [0, 0.1) is 5.21 Å². The number of allylic oxidation sites excluding steroid dienone is 3. The van der Waals surface area contributed by atoms with E-state index < -0.39 is 9.84 Å². The average Bonchev–Trinajstić information content (AvgIpc) is 2.52. The molecule has 0 bridgehead atoms. The van der Waals surface area contributed by atoms with Gasteiger partial charge in [0, 0.05) is 12.8 Å². The number of hydroxylamine groups is 1. The van der Waals surface area contributed by atoms with Crippen LogP contribution in [0.3, 0.4) is 0 Å². The molecule has 0 aliphatic rings. The monoisotopic (exact) mass is 321 g/mol. The summed E-state index contributed by atoms with van der Waals surface area (Å²) in [4.78, 5) is 0.336. The molecule has 0 aliphatic carbocycles. The van der Waals surface area contributed by atoms with E-state index in [2.05, 4.69) is 6.58 Å². The van der Waals surface area contributed by atoms with Crippen molar-refractivity contribution >= 4 is 16.1 Å². The summed E-state index contributed by atoms with van der Waals surface area (Å²) in [5, 5.41) is 11.5. The average molecular weight is 321 g/mol. The van der Waals surface area contributed by atoms with E-state index in [1.54, 1.807) is 36.4 Å². The zero-order chi connectivity index (χ0) is 16.3. The van der Waals surface area contributed by atoms with Gasteiger partial charge in [-0.25, -0.2) is 13.2 Å². The van der Waals surface area contributed by atoms with Crippen molar-refractivity contribution in [3.63, 3.8) is 0 Å². The van der Waals surface area contributed by atoms with Gasteiger partial charge in [-0.1, -0.05) is 43.0 Å². The number of hydrogen-bond donors (Lipinski definition) is 0. The highest BCUT2D eigenvalue weighted by Gasteiger charge is 2.12. The lowest BCUT2D eigenvalue weighted by Gasteiger charge is -2.04. The Balaban J connectivity index is 2.30. The van der Waals surface area contributed by atoms with Crippen molar-refractivity contribution in [2.75, 3.05) is 12.3 Å². The van der Waals surface area contributed by atoms with Crippen molar-refractivity contribution in [2.45, 2.75) is 30.6 Å². The van der Waals surface area contributed by atoms with E-state index >= 15 is 0 Å². The van der Waals surface area contributed by atoms with Crippen molar-refractivity contribution in [2.24, 2.45) is 0 Å². The Kier molecular flexibility index (Phi) is 8.22. The Morgan fingerprint density at radius 3 is 2.55 bits per heavy atom. The molecule has 0 aliphatic heterocycles. The van der Waals surface area contributed by atoms with Gasteiger partial charge < -0.3 is 5.21 Å². The van der Waals surface area contributed by atoms with Crippen LogP contribution in [0.25, 0.3) is 0 Å². The van der Waals surface area contributed by atoms with Crippen molar-refractivity contribution < 1.29 is 13.2 Å². The first-order valence-corrected chi connectivity index (χ1v) is 9.04. The van der Waals surface area contributed by atoms with E-state index in [9.17, 15) is 13.6 Å². The molecule has 120 valence electrons. The summed E-state index contributed by atoms with van der Waals surface area (Å²) < 4.78 is 24.9. The lowest BCUT2D eigenvalue weighted by Crippen LogP contribution is -2.10. The van der Waals surface area contributed by atoms with Crippen LogP contribution < -0.4 is 0 Å². The third kappa shape index (κ3) is 7.22. The number of unbranched alkanes of at least 4 members (excludes halogenated alkanes) is 2. The number of hydrogen-bond acceptors (Lipinski definition) is 3. The molecule has 0 aromatic heterocycles. The summed E-state index contributed by atoms with van der Waals surface area (Å²) in [5.74, 6) is 0.0590. The molecule has 0 spiro atoms. The second kappa shape index (κ2) is 9.95. The summed E-state index contributed by atoms with van der Waals surface area (Å²) in [5.41, 5.74) is 0. The predicted molar refractivity (Wildman–Crippen MR) is 90.9 cm³/mol. The number of sulfone groups is 1. The number of benzene rings is 1. The summed E-state index contributed by atoms with van der Waals surface area (Å²) >= 11 is 0. The third-order valence-electron chi connectivity index (χ3n) is 3.07. The molecule has 0 unspecified atom stereocenters. The summed E-state index contributed by atoms with van der Waals surface area (Å²) in [6, 6.07) is 8.39. The molecule has 0 saturated carbocycles. The highest BCUT2D eigenvalue weighted by atomic mass is 32.2. The smallest absolute Gasteiger partial charge is 0.178 e. The molecular formula is C17H23NO3S. The Labute approximate surface area is 133 Å². The first-order valence-electron chi connectivity index (χ1n) is 7.39. The molecule has 0 amide bonds. The molecular weight excluding hydrogens is 298 g/mol. The Hall–Kier alpha value is -1.88. The molecule has 22 heavy (non-hydrogen) atoms. The molecule has 1 aromatic carbocycles. The maximum absolute atomic E-state index is 12.0.